The Balaban J connectivity index is 3.76. The first-order valence-electron chi connectivity index (χ1n) is 4.97. The smallest absolute Gasteiger partial charge is 0.234 e. The van der Waals surface area contributed by atoms with Crippen LogP contribution in [-0.4, -0.2) is 24.5 Å². The van der Waals surface area contributed by atoms with E-state index in [2.05, 4.69) is 23.5 Å². The molecule has 3 nitrogen and oxygen atoms in total. The molecule has 0 aromatic rings. The molecule has 0 bridgehead atoms. The number of carbonyl (C=O) groups excluding carboxylic acids is 1. The summed E-state index contributed by atoms with van der Waals surface area (Å²) in [7, 11) is 0. The molecule has 0 unspecified atom stereocenters. The topological polar surface area (TPSA) is 41.1 Å². The Kier molecular flexibility index (Phi) is 5.98. The van der Waals surface area contributed by atoms with Crippen LogP contribution in [0.15, 0.2) is 0 Å². The third-order valence-electron chi connectivity index (χ3n) is 1.87. The van der Waals surface area contributed by atoms with Gasteiger partial charge < -0.3 is 5.32 Å². The second-order valence-corrected chi connectivity index (χ2v) is 3.99. The molecule has 80 valence electrons. The van der Waals surface area contributed by atoms with Crippen LogP contribution >= 0.6 is 0 Å². The summed E-state index contributed by atoms with van der Waals surface area (Å²) in [5.41, 5.74) is -0.121. The Morgan fingerprint density at radius 3 is 2.64 bits per heavy atom. The molecular weight excluding hydrogens is 176 g/mol. The summed E-state index contributed by atoms with van der Waals surface area (Å²) in [6, 6.07) is 0. The molecule has 0 spiro atoms. The van der Waals surface area contributed by atoms with E-state index in [9.17, 15) is 4.79 Å². The van der Waals surface area contributed by atoms with E-state index in [0.717, 1.165) is 12.8 Å². The molecule has 0 aliphatic rings. The van der Waals surface area contributed by atoms with E-state index in [-0.39, 0.29) is 18.0 Å². The number of hydrogen-bond acceptors (Lipinski definition) is 2. The quantitative estimate of drug-likeness (QED) is 0.489. The van der Waals surface area contributed by atoms with Crippen molar-refractivity contribution in [3.8, 4) is 12.3 Å². The highest BCUT2D eigenvalue weighted by Crippen LogP contribution is 2.09. The number of hydrogen-bond donors (Lipinski definition) is 2. The van der Waals surface area contributed by atoms with Crippen LogP contribution in [0.1, 0.15) is 33.6 Å². The molecule has 0 atom stereocenters. The van der Waals surface area contributed by atoms with Gasteiger partial charge in [-0.1, -0.05) is 19.3 Å². The van der Waals surface area contributed by atoms with E-state index in [0.29, 0.717) is 6.54 Å². The van der Waals surface area contributed by atoms with E-state index < -0.39 is 0 Å². The van der Waals surface area contributed by atoms with Gasteiger partial charge in [0, 0.05) is 5.54 Å². The monoisotopic (exact) mass is 196 g/mol. The van der Waals surface area contributed by atoms with Crippen LogP contribution in [0, 0.1) is 12.3 Å². The molecule has 0 aromatic heterocycles. The van der Waals surface area contributed by atoms with E-state index in [1.807, 2.05) is 13.8 Å². The molecule has 0 aromatic carbocycles. The SMILES string of the molecule is C#CCNCC(=O)NC(C)(C)CCC. The third-order valence-corrected chi connectivity index (χ3v) is 1.87. The van der Waals surface area contributed by atoms with Crippen molar-refractivity contribution >= 4 is 5.91 Å². The Labute approximate surface area is 86.6 Å². The minimum atomic E-state index is -0.121. The number of terminal acetylenes is 1. The zero-order valence-corrected chi connectivity index (χ0v) is 9.31. The van der Waals surface area contributed by atoms with Gasteiger partial charge in [0.05, 0.1) is 13.1 Å². The third kappa shape index (κ3) is 6.50. The van der Waals surface area contributed by atoms with Crippen molar-refractivity contribution in [3.05, 3.63) is 0 Å². The minimum Gasteiger partial charge on any atom is -0.350 e. The Morgan fingerprint density at radius 2 is 2.14 bits per heavy atom. The van der Waals surface area contributed by atoms with Gasteiger partial charge in [0.1, 0.15) is 0 Å². The number of carbonyl (C=O) groups is 1. The Morgan fingerprint density at radius 1 is 1.50 bits per heavy atom. The number of rotatable bonds is 6. The van der Waals surface area contributed by atoms with Crippen molar-refractivity contribution in [2.24, 2.45) is 0 Å². The summed E-state index contributed by atoms with van der Waals surface area (Å²) in [5.74, 6) is 2.42. The summed E-state index contributed by atoms with van der Waals surface area (Å²) in [4.78, 5) is 11.4. The van der Waals surface area contributed by atoms with Gasteiger partial charge in [0.2, 0.25) is 5.91 Å². The van der Waals surface area contributed by atoms with Gasteiger partial charge in [0.25, 0.3) is 0 Å². The normalized spacial score (nSPS) is 10.7. The maximum Gasteiger partial charge on any atom is 0.234 e. The van der Waals surface area contributed by atoms with Crippen LogP contribution in [0.3, 0.4) is 0 Å². The van der Waals surface area contributed by atoms with Gasteiger partial charge in [-0.05, 0) is 20.3 Å². The predicted molar refractivity (Wildman–Crippen MR) is 58.8 cm³/mol. The van der Waals surface area contributed by atoms with Gasteiger partial charge >= 0.3 is 0 Å². The molecular formula is C11H20N2O. The maximum atomic E-state index is 11.4. The molecule has 0 fully saturated rings. The molecule has 0 radical (unpaired) electrons. The number of nitrogens with one attached hydrogen (secondary N) is 2. The zero-order chi connectivity index (χ0) is 11.0. The second kappa shape index (κ2) is 6.44. The lowest BCUT2D eigenvalue weighted by Gasteiger charge is -2.25. The summed E-state index contributed by atoms with van der Waals surface area (Å²) in [6.45, 7) is 6.87. The van der Waals surface area contributed by atoms with Crippen molar-refractivity contribution in [3.63, 3.8) is 0 Å². The van der Waals surface area contributed by atoms with Crippen molar-refractivity contribution < 1.29 is 4.79 Å². The first kappa shape index (κ1) is 13.0. The summed E-state index contributed by atoms with van der Waals surface area (Å²) < 4.78 is 0. The molecule has 3 heteroatoms. The molecule has 0 heterocycles. The van der Waals surface area contributed by atoms with Crippen LogP contribution < -0.4 is 10.6 Å². The molecule has 0 saturated carbocycles. The molecule has 14 heavy (non-hydrogen) atoms. The Bertz CT molecular complexity index is 216. The molecule has 0 aliphatic carbocycles. The Hall–Kier alpha value is -1.01. The fraction of sp³-hybridized carbons (Fsp3) is 0.727. The highest BCUT2D eigenvalue weighted by molar-refractivity contribution is 5.78. The predicted octanol–water partition coefficient (Wildman–Crippen LogP) is 0.904. The lowest BCUT2D eigenvalue weighted by atomic mass is 9.99. The van der Waals surface area contributed by atoms with Crippen LogP contribution in [0.2, 0.25) is 0 Å². The van der Waals surface area contributed by atoms with Gasteiger partial charge in [-0.2, -0.15) is 0 Å². The molecule has 0 aliphatic heterocycles. The average molecular weight is 196 g/mol. The van der Waals surface area contributed by atoms with E-state index in [1.165, 1.54) is 0 Å². The van der Waals surface area contributed by atoms with Crippen molar-refractivity contribution in [2.75, 3.05) is 13.1 Å². The fourth-order valence-corrected chi connectivity index (χ4v) is 1.36. The van der Waals surface area contributed by atoms with Crippen LogP contribution in [0.4, 0.5) is 0 Å². The largest absolute Gasteiger partial charge is 0.350 e. The van der Waals surface area contributed by atoms with Gasteiger partial charge in [-0.25, -0.2) is 0 Å². The summed E-state index contributed by atoms with van der Waals surface area (Å²) in [5, 5.41) is 5.80. The number of amides is 1. The van der Waals surface area contributed by atoms with Crippen molar-refractivity contribution in [2.45, 2.75) is 39.2 Å². The average Bonchev–Trinajstić information content (AvgIpc) is 2.03. The van der Waals surface area contributed by atoms with Gasteiger partial charge in [-0.15, -0.1) is 6.42 Å². The summed E-state index contributed by atoms with van der Waals surface area (Å²) in [6.07, 6.45) is 7.09. The minimum absolute atomic E-state index is 0.00120. The second-order valence-electron chi connectivity index (χ2n) is 3.99. The first-order chi connectivity index (χ1) is 6.52. The highest BCUT2D eigenvalue weighted by Gasteiger charge is 2.18. The van der Waals surface area contributed by atoms with E-state index in [1.54, 1.807) is 0 Å². The molecule has 0 rings (SSSR count). The molecule has 2 N–H and O–H groups in total. The molecule has 0 saturated heterocycles. The lowest BCUT2D eigenvalue weighted by Crippen LogP contribution is -2.46. The van der Waals surface area contributed by atoms with E-state index in [4.69, 9.17) is 6.42 Å². The zero-order valence-electron chi connectivity index (χ0n) is 9.31. The van der Waals surface area contributed by atoms with Crippen LogP contribution in [0.5, 0.6) is 0 Å². The first-order valence-corrected chi connectivity index (χ1v) is 4.97. The van der Waals surface area contributed by atoms with E-state index >= 15 is 0 Å². The standard InChI is InChI=1S/C11H20N2O/c1-5-7-11(3,4)13-10(14)9-12-8-6-2/h2,12H,5,7-9H2,1,3-4H3,(H,13,14). The van der Waals surface area contributed by atoms with Crippen molar-refractivity contribution in [1.82, 2.24) is 10.6 Å². The van der Waals surface area contributed by atoms with Crippen LogP contribution in [-0.2, 0) is 4.79 Å². The summed E-state index contributed by atoms with van der Waals surface area (Å²) >= 11 is 0. The highest BCUT2D eigenvalue weighted by atomic mass is 16.2. The lowest BCUT2D eigenvalue weighted by molar-refractivity contribution is -0.121. The molecule has 1 amide bonds. The van der Waals surface area contributed by atoms with Gasteiger partial charge in [0.15, 0.2) is 0 Å². The van der Waals surface area contributed by atoms with Crippen LogP contribution in [0.25, 0.3) is 0 Å². The van der Waals surface area contributed by atoms with Gasteiger partial charge in [-0.3, -0.25) is 10.1 Å². The van der Waals surface area contributed by atoms with Crippen molar-refractivity contribution in [1.29, 1.82) is 0 Å². The maximum absolute atomic E-state index is 11.4. The fourth-order valence-electron chi connectivity index (χ4n) is 1.36.